The molecule has 0 aromatic rings. The summed E-state index contributed by atoms with van der Waals surface area (Å²) in [6, 6.07) is 0. The average Bonchev–Trinajstić information content (AvgIpc) is 1.35. The van der Waals surface area contributed by atoms with Gasteiger partial charge in [-0.15, -0.1) is 0 Å². The largest absolute Gasteiger partial charge is 0.377 e. The third-order valence-corrected chi connectivity index (χ3v) is 0.563. The normalized spacial score (nSPS) is 14.5. The Balaban J connectivity index is 2.63. The predicted octanol–water partition coefficient (Wildman–Crippen LogP) is -1.36. The molecule has 0 heterocycles. The van der Waals surface area contributed by atoms with Gasteiger partial charge in [-0.25, -0.2) is 0 Å². The highest BCUT2D eigenvalue weighted by atomic mass is 31.0. The summed E-state index contributed by atoms with van der Waals surface area (Å²) in [4.78, 5) is 0. The smallest absolute Gasteiger partial charge is 0.115 e. The first-order valence-corrected chi connectivity index (χ1v) is 2.22. The molecular formula is C2H9N2OP. The predicted molar refractivity (Wildman–Crippen MR) is 27.9 cm³/mol. The number of hydrogen-bond donors (Lipinski definition) is 3. The van der Waals surface area contributed by atoms with E-state index in [-0.39, 0.29) is 0 Å². The molecule has 0 saturated heterocycles. The monoisotopic (exact) mass is 108 g/mol. The molecule has 2 atom stereocenters. The highest BCUT2D eigenvalue weighted by Crippen LogP contribution is 1.67. The van der Waals surface area contributed by atoms with Gasteiger partial charge in [-0.2, -0.15) is 0 Å². The fraction of sp³-hybridized carbons (Fsp3) is 1.00. The number of aliphatic hydroxyl groups excluding tert-OH is 1. The van der Waals surface area contributed by atoms with Crippen LogP contribution >= 0.6 is 9.39 Å². The summed E-state index contributed by atoms with van der Waals surface area (Å²) < 4.78 is 0. The van der Waals surface area contributed by atoms with E-state index in [1.165, 1.54) is 0 Å². The molecule has 2 unspecified atom stereocenters. The fourth-order valence-corrected chi connectivity index (χ4v) is 0.362. The SMILES string of the molecule is NC(O)CNP. The van der Waals surface area contributed by atoms with Crippen molar-refractivity contribution >= 4 is 9.39 Å². The van der Waals surface area contributed by atoms with E-state index in [9.17, 15) is 0 Å². The molecule has 0 aromatic heterocycles. The van der Waals surface area contributed by atoms with Gasteiger partial charge in [0.15, 0.2) is 0 Å². The van der Waals surface area contributed by atoms with E-state index in [4.69, 9.17) is 10.8 Å². The third kappa shape index (κ3) is 4.31. The highest BCUT2D eigenvalue weighted by molar-refractivity contribution is 7.13. The van der Waals surface area contributed by atoms with Gasteiger partial charge in [0.2, 0.25) is 0 Å². The molecule has 0 saturated carbocycles. The molecule has 4 N–H and O–H groups in total. The van der Waals surface area contributed by atoms with Gasteiger partial charge in [-0.3, -0.25) is 5.09 Å². The molecule has 0 rings (SSSR count). The molecule has 0 aromatic carbocycles. The van der Waals surface area contributed by atoms with E-state index < -0.39 is 6.23 Å². The van der Waals surface area contributed by atoms with Crippen molar-refractivity contribution in [2.45, 2.75) is 6.23 Å². The molecule has 6 heavy (non-hydrogen) atoms. The zero-order chi connectivity index (χ0) is 4.99. The van der Waals surface area contributed by atoms with Crippen LogP contribution in [0.25, 0.3) is 0 Å². The Morgan fingerprint density at radius 3 is 2.50 bits per heavy atom. The first-order chi connectivity index (χ1) is 2.77. The van der Waals surface area contributed by atoms with Crippen LogP contribution in [0.5, 0.6) is 0 Å². The fourth-order valence-electron chi connectivity index (χ4n) is 0.121. The van der Waals surface area contributed by atoms with E-state index in [2.05, 4.69) is 14.5 Å². The summed E-state index contributed by atoms with van der Waals surface area (Å²) >= 11 is 0. The van der Waals surface area contributed by atoms with E-state index in [1.54, 1.807) is 0 Å². The standard InChI is InChI=1S/C2H9N2OP/c3-2(5)1-4-6/h2,4-5H,1,3,6H2. The van der Waals surface area contributed by atoms with Gasteiger partial charge in [-0.05, 0) is 0 Å². The maximum Gasteiger partial charge on any atom is 0.115 e. The first kappa shape index (κ1) is 6.31. The molecule has 4 heteroatoms. The summed E-state index contributed by atoms with van der Waals surface area (Å²) in [5, 5.41) is 10.9. The lowest BCUT2D eigenvalue weighted by Crippen LogP contribution is -2.28. The topological polar surface area (TPSA) is 58.3 Å². The Kier molecular flexibility index (Phi) is 3.68. The molecule has 0 spiro atoms. The second-order valence-electron chi connectivity index (χ2n) is 0.976. The van der Waals surface area contributed by atoms with E-state index >= 15 is 0 Å². The summed E-state index contributed by atoms with van der Waals surface area (Å²) in [5.74, 6) is 0. The molecule has 0 aliphatic carbocycles. The number of hydrogen-bond acceptors (Lipinski definition) is 3. The molecule has 0 amide bonds. The van der Waals surface area contributed by atoms with Crippen LogP contribution in [0.3, 0.4) is 0 Å². The van der Waals surface area contributed by atoms with Crippen molar-refractivity contribution in [2.75, 3.05) is 6.54 Å². The van der Waals surface area contributed by atoms with Crippen LogP contribution in [0, 0.1) is 0 Å². The van der Waals surface area contributed by atoms with E-state index in [0.29, 0.717) is 6.54 Å². The van der Waals surface area contributed by atoms with Crippen molar-refractivity contribution in [1.82, 2.24) is 5.09 Å². The molecule has 3 nitrogen and oxygen atoms in total. The first-order valence-electron chi connectivity index (χ1n) is 1.64. The van der Waals surface area contributed by atoms with Crippen LogP contribution in [0.2, 0.25) is 0 Å². The zero-order valence-corrected chi connectivity index (χ0v) is 4.54. The molecule has 0 aliphatic rings. The van der Waals surface area contributed by atoms with Crippen molar-refractivity contribution < 1.29 is 5.11 Å². The van der Waals surface area contributed by atoms with E-state index in [1.807, 2.05) is 0 Å². The quantitative estimate of drug-likeness (QED) is 0.302. The van der Waals surface area contributed by atoms with Gasteiger partial charge in [0.25, 0.3) is 0 Å². The number of nitrogens with one attached hydrogen (secondary N) is 1. The summed E-state index contributed by atoms with van der Waals surface area (Å²) in [6.07, 6.45) is -0.734. The molecule has 0 aliphatic heterocycles. The second kappa shape index (κ2) is 3.50. The van der Waals surface area contributed by atoms with Gasteiger partial charge in [0.1, 0.15) is 6.23 Å². The Hall–Kier alpha value is 0.310. The maximum atomic E-state index is 8.25. The van der Waals surface area contributed by atoms with Crippen LogP contribution in [0.1, 0.15) is 0 Å². The lowest BCUT2D eigenvalue weighted by Gasteiger charge is -1.98. The van der Waals surface area contributed by atoms with Crippen LogP contribution in [0.15, 0.2) is 0 Å². The van der Waals surface area contributed by atoms with Gasteiger partial charge in [-0.1, -0.05) is 9.39 Å². The molecule has 0 fully saturated rings. The van der Waals surface area contributed by atoms with Crippen molar-refractivity contribution in [3.05, 3.63) is 0 Å². The van der Waals surface area contributed by atoms with Crippen molar-refractivity contribution in [3.63, 3.8) is 0 Å². The molecule has 0 bridgehead atoms. The molecule has 38 valence electrons. The van der Waals surface area contributed by atoms with Gasteiger partial charge < -0.3 is 10.8 Å². The molecule has 0 radical (unpaired) electrons. The summed E-state index contributed by atoms with van der Waals surface area (Å²) in [5.41, 5.74) is 4.88. The van der Waals surface area contributed by atoms with Crippen molar-refractivity contribution in [3.8, 4) is 0 Å². The van der Waals surface area contributed by atoms with Gasteiger partial charge in [0.05, 0.1) is 0 Å². The minimum Gasteiger partial charge on any atom is -0.377 e. The Bertz CT molecular complexity index is 32.7. The van der Waals surface area contributed by atoms with Crippen LogP contribution in [-0.2, 0) is 0 Å². The summed E-state index contributed by atoms with van der Waals surface area (Å²) in [7, 11) is 2.23. The number of aliphatic hydroxyl groups is 1. The van der Waals surface area contributed by atoms with Crippen LogP contribution in [0.4, 0.5) is 0 Å². The minimum atomic E-state index is -0.734. The Morgan fingerprint density at radius 2 is 2.50 bits per heavy atom. The minimum absolute atomic E-state index is 0.421. The van der Waals surface area contributed by atoms with E-state index in [0.717, 1.165) is 0 Å². The summed E-state index contributed by atoms with van der Waals surface area (Å²) in [6.45, 7) is 0.421. The van der Waals surface area contributed by atoms with Crippen LogP contribution < -0.4 is 10.8 Å². The Morgan fingerprint density at radius 1 is 2.00 bits per heavy atom. The van der Waals surface area contributed by atoms with Gasteiger partial charge in [0, 0.05) is 6.54 Å². The Labute approximate surface area is 39.2 Å². The third-order valence-electron chi connectivity index (χ3n) is 0.327. The van der Waals surface area contributed by atoms with Crippen LogP contribution in [-0.4, -0.2) is 17.9 Å². The van der Waals surface area contributed by atoms with Gasteiger partial charge >= 0.3 is 0 Å². The lowest BCUT2D eigenvalue weighted by atomic mass is 10.6. The molecular weight excluding hydrogens is 99.0 g/mol. The second-order valence-corrected chi connectivity index (χ2v) is 1.38. The number of nitrogens with two attached hydrogens (primary N) is 1. The highest BCUT2D eigenvalue weighted by Gasteiger charge is 1.86. The zero-order valence-electron chi connectivity index (χ0n) is 3.39. The maximum absolute atomic E-state index is 8.25. The average molecular weight is 108 g/mol. The van der Waals surface area contributed by atoms with Crippen molar-refractivity contribution in [1.29, 1.82) is 0 Å². The lowest BCUT2D eigenvalue weighted by molar-refractivity contribution is 0.187. The number of rotatable bonds is 2. The van der Waals surface area contributed by atoms with Crippen molar-refractivity contribution in [2.24, 2.45) is 5.73 Å².